The van der Waals surface area contributed by atoms with Gasteiger partial charge in [0.2, 0.25) is 0 Å². The van der Waals surface area contributed by atoms with Crippen molar-refractivity contribution in [2.24, 2.45) is 21.7 Å². The van der Waals surface area contributed by atoms with Crippen LogP contribution in [0.25, 0.3) is 0 Å². The Hall–Kier alpha value is -1.76. The fourth-order valence-corrected chi connectivity index (χ4v) is 1.38. The molecule has 0 atom stereocenters. The molecular formula is C20H24. The Morgan fingerprint density at radius 2 is 0.500 bits per heavy atom. The van der Waals surface area contributed by atoms with Crippen molar-refractivity contribution < 1.29 is 0 Å². The van der Waals surface area contributed by atoms with E-state index in [9.17, 15) is 0 Å². The summed E-state index contributed by atoms with van der Waals surface area (Å²) in [5.74, 6) is 25.1. The minimum atomic E-state index is -0.227. The van der Waals surface area contributed by atoms with Gasteiger partial charge in [-0.05, 0) is 79.1 Å². The van der Waals surface area contributed by atoms with Gasteiger partial charge in [0.15, 0.2) is 0 Å². The van der Waals surface area contributed by atoms with Gasteiger partial charge in [-0.3, -0.25) is 0 Å². The van der Waals surface area contributed by atoms with Crippen molar-refractivity contribution in [3.8, 4) is 47.4 Å². The van der Waals surface area contributed by atoms with Crippen molar-refractivity contribution in [2.45, 2.75) is 55.4 Å². The van der Waals surface area contributed by atoms with Crippen molar-refractivity contribution in [2.75, 3.05) is 0 Å². The molecule has 0 saturated heterocycles. The Balaban J connectivity index is 3.46. The molecule has 1 rings (SSSR count). The van der Waals surface area contributed by atoms with E-state index in [0.29, 0.717) is 0 Å². The second kappa shape index (κ2) is 4.97. The van der Waals surface area contributed by atoms with Crippen molar-refractivity contribution in [1.82, 2.24) is 0 Å². The molecule has 0 nitrogen and oxygen atoms in total. The molecule has 0 heteroatoms. The van der Waals surface area contributed by atoms with Gasteiger partial charge >= 0.3 is 0 Å². The highest BCUT2D eigenvalue weighted by Crippen LogP contribution is 2.38. The van der Waals surface area contributed by atoms with Crippen LogP contribution < -0.4 is 0 Å². The normalized spacial score (nSPS) is 23.6. The maximum atomic E-state index is 3.26. The summed E-state index contributed by atoms with van der Waals surface area (Å²) in [6.07, 6.45) is 0. The minimum Gasteiger partial charge on any atom is -0.0813 e. The predicted molar refractivity (Wildman–Crippen MR) is 86.2 cm³/mol. The Morgan fingerprint density at radius 1 is 0.350 bits per heavy atom. The van der Waals surface area contributed by atoms with Crippen molar-refractivity contribution in [1.29, 1.82) is 0 Å². The van der Waals surface area contributed by atoms with Gasteiger partial charge in [-0.15, -0.1) is 0 Å². The van der Waals surface area contributed by atoms with Gasteiger partial charge in [0, 0.05) is 21.7 Å². The van der Waals surface area contributed by atoms with E-state index >= 15 is 0 Å². The average molecular weight is 264 g/mol. The van der Waals surface area contributed by atoms with Gasteiger partial charge in [0.05, 0.1) is 0 Å². The monoisotopic (exact) mass is 264 g/mol. The van der Waals surface area contributed by atoms with Crippen LogP contribution in [0.5, 0.6) is 0 Å². The lowest BCUT2D eigenvalue weighted by atomic mass is 9.68. The summed E-state index contributed by atoms with van der Waals surface area (Å²) >= 11 is 0. The molecule has 0 aromatic heterocycles. The fraction of sp³-hybridized carbons (Fsp3) is 0.600. The molecule has 0 aromatic carbocycles. The van der Waals surface area contributed by atoms with E-state index < -0.39 is 0 Å². The zero-order valence-electron chi connectivity index (χ0n) is 14.0. The summed E-state index contributed by atoms with van der Waals surface area (Å²) in [5.41, 5.74) is -0.908. The van der Waals surface area contributed by atoms with Crippen LogP contribution in [0.15, 0.2) is 0 Å². The Bertz CT molecular complexity index is 516. The van der Waals surface area contributed by atoms with E-state index in [4.69, 9.17) is 0 Å². The molecule has 0 heterocycles. The minimum absolute atomic E-state index is 0.227. The summed E-state index contributed by atoms with van der Waals surface area (Å²) in [7, 11) is 0. The highest BCUT2D eigenvalue weighted by Gasteiger charge is 2.35. The molecule has 0 radical (unpaired) electrons. The Labute approximate surface area is 125 Å². The summed E-state index contributed by atoms with van der Waals surface area (Å²) in [5, 5.41) is 0. The molecule has 0 N–H and O–H groups in total. The molecule has 20 heavy (non-hydrogen) atoms. The molecule has 0 aromatic rings. The second-order valence-corrected chi connectivity index (χ2v) is 7.50. The van der Waals surface area contributed by atoms with Crippen LogP contribution in [0, 0.1) is 69.0 Å². The van der Waals surface area contributed by atoms with Crippen LogP contribution in [0.1, 0.15) is 55.4 Å². The zero-order valence-corrected chi connectivity index (χ0v) is 14.0. The SMILES string of the molecule is CC1(C)C#CC#CC(C)(C)C(C)(C)C#CC#CC1(C)C. The van der Waals surface area contributed by atoms with Crippen LogP contribution in [0.4, 0.5) is 0 Å². The van der Waals surface area contributed by atoms with Crippen LogP contribution >= 0.6 is 0 Å². The zero-order chi connectivity index (χ0) is 15.7. The lowest BCUT2D eigenvalue weighted by Crippen LogP contribution is -2.30. The van der Waals surface area contributed by atoms with Gasteiger partial charge in [-0.25, -0.2) is 0 Å². The maximum absolute atomic E-state index is 3.26. The molecule has 0 amide bonds. The van der Waals surface area contributed by atoms with Crippen LogP contribution in [0.2, 0.25) is 0 Å². The lowest BCUT2D eigenvalue weighted by Gasteiger charge is -2.33. The van der Waals surface area contributed by atoms with E-state index in [1.165, 1.54) is 0 Å². The molecule has 0 spiro atoms. The molecule has 0 fully saturated rings. The highest BCUT2D eigenvalue weighted by molar-refractivity contribution is 5.39. The Kier molecular flexibility index (Phi) is 4.05. The summed E-state index contributed by atoms with van der Waals surface area (Å²) in [6.45, 7) is 16.8. The predicted octanol–water partition coefficient (Wildman–Crippen LogP) is 4.12. The first-order valence-electron chi connectivity index (χ1n) is 7.00. The molecule has 1 aliphatic carbocycles. The van der Waals surface area contributed by atoms with E-state index in [-0.39, 0.29) is 21.7 Å². The van der Waals surface area contributed by atoms with Crippen LogP contribution in [0.3, 0.4) is 0 Å². The van der Waals surface area contributed by atoms with Crippen molar-refractivity contribution >= 4 is 0 Å². The average Bonchev–Trinajstić information content (AvgIpc) is 2.29. The largest absolute Gasteiger partial charge is 0.0813 e. The van der Waals surface area contributed by atoms with Gasteiger partial charge in [-0.1, -0.05) is 23.7 Å². The maximum Gasteiger partial charge on any atom is 0.0428 e. The van der Waals surface area contributed by atoms with Crippen LogP contribution in [-0.4, -0.2) is 0 Å². The fourth-order valence-electron chi connectivity index (χ4n) is 1.38. The van der Waals surface area contributed by atoms with Gasteiger partial charge in [0.1, 0.15) is 0 Å². The molecule has 0 unspecified atom stereocenters. The molecule has 0 saturated carbocycles. The van der Waals surface area contributed by atoms with Gasteiger partial charge in [-0.2, -0.15) is 0 Å². The molecular weight excluding hydrogens is 240 g/mol. The first-order valence-corrected chi connectivity index (χ1v) is 7.00. The second-order valence-electron chi connectivity index (χ2n) is 7.50. The third-order valence-electron chi connectivity index (χ3n) is 4.75. The third-order valence-corrected chi connectivity index (χ3v) is 4.75. The number of hydrogen-bond acceptors (Lipinski definition) is 0. The van der Waals surface area contributed by atoms with E-state index in [0.717, 1.165) is 0 Å². The van der Waals surface area contributed by atoms with E-state index in [1.54, 1.807) is 0 Å². The quantitative estimate of drug-likeness (QED) is 0.577. The number of hydrogen-bond donors (Lipinski definition) is 0. The first kappa shape index (κ1) is 16.3. The van der Waals surface area contributed by atoms with Crippen molar-refractivity contribution in [3.05, 3.63) is 0 Å². The first-order chi connectivity index (χ1) is 8.91. The molecule has 0 bridgehead atoms. The molecule has 104 valence electrons. The van der Waals surface area contributed by atoms with E-state index in [1.807, 2.05) is 0 Å². The lowest BCUT2D eigenvalue weighted by molar-refractivity contribution is 0.258. The molecule has 0 aliphatic heterocycles. The highest BCUT2D eigenvalue weighted by atomic mass is 14.4. The Morgan fingerprint density at radius 3 is 0.650 bits per heavy atom. The standard InChI is InChI=1S/C20H24/c1-17(2)13-9-10-15-19(5,6)20(7,8)16-12-11-14-18(17,3)4/h1-8H3. The van der Waals surface area contributed by atoms with Crippen molar-refractivity contribution in [3.63, 3.8) is 0 Å². The smallest absolute Gasteiger partial charge is 0.0428 e. The van der Waals surface area contributed by atoms with Gasteiger partial charge in [0.25, 0.3) is 0 Å². The topological polar surface area (TPSA) is 0 Å². The summed E-state index contributed by atoms with van der Waals surface area (Å²) < 4.78 is 0. The number of rotatable bonds is 0. The summed E-state index contributed by atoms with van der Waals surface area (Å²) in [6, 6.07) is 0. The van der Waals surface area contributed by atoms with E-state index in [2.05, 4.69) is 103 Å². The molecule has 1 aliphatic rings. The third kappa shape index (κ3) is 3.22. The summed E-state index contributed by atoms with van der Waals surface area (Å²) in [4.78, 5) is 0. The van der Waals surface area contributed by atoms with Gasteiger partial charge < -0.3 is 0 Å². The van der Waals surface area contributed by atoms with Crippen LogP contribution in [-0.2, 0) is 0 Å².